The number of hydrogen-bond acceptors (Lipinski definition) is 5. The Morgan fingerprint density at radius 2 is 2.13 bits per heavy atom. The van der Waals surface area contributed by atoms with Crippen LogP contribution < -0.4 is 4.72 Å². The fraction of sp³-hybridized carbons (Fsp3) is 0.333. The zero-order valence-corrected chi connectivity index (χ0v) is 14.4. The largest absolute Gasteiger partial charge is 0.481 e. The van der Waals surface area contributed by atoms with Crippen LogP contribution in [0.2, 0.25) is 0 Å². The molecular formula is C15H18N2O4S2. The number of aromatic nitrogens is 1. The standard InChI is InChI=1S/C15H18N2O4S2/c1-10-7-14(11(2)22-10)23(20,21)17-9-12(15(18)19)8-13-5-3-4-6-16-13/h3-7,12,17H,8-9H2,1-2H3,(H,18,19). The summed E-state index contributed by atoms with van der Waals surface area (Å²) in [6.45, 7) is 3.38. The Morgan fingerprint density at radius 1 is 1.39 bits per heavy atom. The fourth-order valence-electron chi connectivity index (χ4n) is 2.18. The highest BCUT2D eigenvalue weighted by atomic mass is 32.2. The van der Waals surface area contributed by atoms with Crippen molar-refractivity contribution in [2.75, 3.05) is 6.54 Å². The molecule has 2 aromatic rings. The average molecular weight is 354 g/mol. The lowest BCUT2D eigenvalue weighted by atomic mass is 10.0. The van der Waals surface area contributed by atoms with Gasteiger partial charge in [-0.05, 0) is 32.0 Å². The van der Waals surface area contributed by atoms with E-state index in [4.69, 9.17) is 0 Å². The Bertz CT molecular complexity index is 785. The molecule has 2 rings (SSSR count). The molecule has 2 N–H and O–H groups in total. The zero-order valence-electron chi connectivity index (χ0n) is 12.8. The average Bonchev–Trinajstić information content (AvgIpc) is 2.84. The lowest BCUT2D eigenvalue weighted by Gasteiger charge is -2.13. The van der Waals surface area contributed by atoms with Crippen molar-refractivity contribution in [3.8, 4) is 0 Å². The van der Waals surface area contributed by atoms with Gasteiger partial charge in [-0.1, -0.05) is 6.07 Å². The van der Waals surface area contributed by atoms with Crippen LogP contribution in [0.1, 0.15) is 15.4 Å². The number of nitrogens with zero attached hydrogens (tertiary/aromatic N) is 1. The summed E-state index contributed by atoms with van der Waals surface area (Å²) < 4.78 is 27.1. The Morgan fingerprint density at radius 3 is 2.65 bits per heavy atom. The van der Waals surface area contributed by atoms with Crippen LogP contribution in [0.4, 0.5) is 0 Å². The van der Waals surface area contributed by atoms with Crippen LogP contribution in [0.3, 0.4) is 0 Å². The van der Waals surface area contributed by atoms with Gasteiger partial charge in [-0.25, -0.2) is 13.1 Å². The van der Waals surface area contributed by atoms with Crippen LogP contribution in [0, 0.1) is 19.8 Å². The molecule has 1 unspecified atom stereocenters. The summed E-state index contributed by atoms with van der Waals surface area (Å²) in [6.07, 6.45) is 1.75. The molecule has 0 aliphatic rings. The zero-order chi connectivity index (χ0) is 17.0. The van der Waals surface area contributed by atoms with Gasteiger partial charge in [0.2, 0.25) is 10.0 Å². The molecule has 1 atom stereocenters. The second-order valence-corrected chi connectivity index (χ2v) is 8.39. The number of aliphatic carboxylic acids is 1. The van der Waals surface area contributed by atoms with E-state index in [1.807, 2.05) is 6.92 Å². The first-order valence-corrected chi connectivity index (χ1v) is 9.29. The molecule has 0 saturated heterocycles. The highest BCUT2D eigenvalue weighted by molar-refractivity contribution is 7.89. The third-order valence-corrected chi connectivity index (χ3v) is 5.98. The van der Waals surface area contributed by atoms with E-state index in [0.29, 0.717) is 10.6 Å². The van der Waals surface area contributed by atoms with Gasteiger partial charge in [-0.15, -0.1) is 11.3 Å². The number of hydrogen-bond donors (Lipinski definition) is 2. The van der Waals surface area contributed by atoms with Crippen LogP contribution in [0.25, 0.3) is 0 Å². The first-order chi connectivity index (χ1) is 10.8. The van der Waals surface area contributed by atoms with Crippen molar-refractivity contribution in [2.24, 2.45) is 5.92 Å². The molecule has 0 amide bonds. The minimum absolute atomic E-state index is 0.167. The summed E-state index contributed by atoms with van der Waals surface area (Å²) in [5, 5.41) is 9.30. The molecule has 0 saturated carbocycles. The van der Waals surface area contributed by atoms with E-state index in [1.54, 1.807) is 37.4 Å². The fourth-order valence-corrected chi connectivity index (χ4v) is 4.81. The molecule has 124 valence electrons. The van der Waals surface area contributed by atoms with Crippen molar-refractivity contribution in [2.45, 2.75) is 25.2 Å². The number of carbonyl (C=O) groups is 1. The number of nitrogens with one attached hydrogen (secondary N) is 1. The molecule has 0 bridgehead atoms. The summed E-state index contributed by atoms with van der Waals surface area (Å²) in [5.41, 5.74) is 0.613. The van der Waals surface area contributed by atoms with Crippen LogP contribution in [0.15, 0.2) is 35.4 Å². The van der Waals surface area contributed by atoms with E-state index in [9.17, 15) is 18.3 Å². The molecule has 23 heavy (non-hydrogen) atoms. The summed E-state index contributed by atoms with van der Waals surface area (Å²) in [6, 6.07) is 6.82. The second kappa shape index (κ2) is 7.20. The third kappa shape index (κ3) is 4.60. The number of sulfonamides is 1. The minimum Gasteiger partial charge on any atom is -0.481 e. The number of pyridine rings is 1. The molecular weight excluding hydrogens is 336 g/mol. The Hall–Kier alpha value is -1.77. The van der Waals surface area contributed by atoms with E-state index < -0.39 is 21.9 Å². The summed E-state index contributed by atoms with van der Waals surface area (Å²) >= 11 is 1.39. The molecule has 0 radical (unpaired) electrons. The summed E-state index contributed by atoms with van der Waals surface area (Å²) in [5.74, 6) is -1.93. The van der Waals surface area contributed by atoms with E-state index >= 15 is 0 Å². The van der Waals surface area contributed by atoms with Gasteiger partial charge in [0.15, 0.2) is 0 Å². The maximum Gasteiger partial charge on any atom is 0.308 e. The highest BCUT2D eigenvalue weighted by Gasteiger charge is 2.24. The van der Waals surface area contributed by atoms with Gasteiger partial charge in [-0.3, -0.25) is 9.78 Å². The summed E-state index contributed by atoms with van der Waals surface area (Å²) in [4.78, 5) is 17.2. The monoisotopic (exact) mass is 354 g/mol. The molecule has 0 aliphatic carbocycles. The van der Waals surface area contributed by atoms with Crippen LogP contribution in [-0.4, -0.2) is 31.0 Å². The first kappa shape index (κ1) is 17.6. The number of thiophene rings is 1. The Balaban J connectivity index is 2.09. The first-order valence-electron chi connectivity index (χ1n) is 6.99. The molecule has 6 nitrogen and oxygen atoms in total. The van der Waals surface area contributed by atoms with Crippen LogP contribution in [-0.2, 0) is 21.2 Å². The van der Waals surface area contributed by atoms with Crippen LogP contribution in [0.5, 0.6) is 0 Å². The van der Waals surface area contributed by atoms with Gasteiger partial charge in [0.1, 0.15) is 0 Å². The lowest BCUT2D eigenvalue weighted by molar-refractivity contribution is -0.141. The highest BCUT2D eigenvalue weighted by Crippen LogP contribution is 2.24. The van der Waals surface area contributed by atoms with E-state index in [1.165, 1.54) is 11.3 Å². The van der Waals surface area contributed by atoms with Gasteiger partial charge in [0.25, 0.3) is 0 Å². The number of rotatable bonds is 7. The van der Waals surface area contributed by atoms with E-state index in [-0.39, 0.29) is 17.9 Å². The molecule has 0 aliphatic heterocycles. The smallest absolute Gasteiger partial charge is 0.308 e. The van der Waals surface area contributed by atoms with E-state index in [2.05, 4.69) is 9.71 Å². The third-order valence-electron chi connectivity index (χ3n) is 3.34. The molecule has 2 heterocycles. The number of aryl methyl sites for hydroxylation is 2. The summed E-state index contributed by atoms with van der Waals surface area (Å²) in [7, 11) is -3.71. The molecule has 2 aromatic heterocycles. The number of carboxylic acids is 1. The van der Waals surface area contributed by atoms with Gasteiger partial charge in [0.05, 0.1) is 10.8 Å². The Kier molecular flexibility index (Phi) is 5.51. The quantitative estimate of drug-likeness (QED) is 0.792. The molecule has 8 heteroatoms. The lowest BCUT2D eigenvalue weighted by Crippen LogP contribution is -2.34. The van der Waals surface area contributed by atoms with Crippen molar-refractivity contribution in [3.05, 3.63) is 45.9 Å². The van der Waals surface area contributed by atoms with Crippen molar-refractivity contribution >= 4 is 27.3 Å². The van der Waals surface area contributed by atoms with Gasteiger partial charge >= 0.3 is 5.97 Å². The number of carboxylic acid groups (broad SMARTS) is 1. The SMILES string of the molecule is Cc1cc(S(=O)(=O)NCC(Cc2ccccn2)C(=O)O)c(C)s1. The topological polar surface area (TPSA) is 96.4 Å². The normalized spacial score (nSPS) is 13.0. The van der Waals surface area contributed by atoms with Gasteiger partial charge in [-0.2, -0.15) is 0 Å². The molecule has 0 spiro atoms. The minimum atomic E-state index is -3.71. The van der Waals surface area contributed by atoms with Gasteiger partial charge < -0.3 is 5.11 Å². The van der Waals surface area contributed by atoms with Crippen molar-refractivity contribution in [1.82, 2.24) is 9.71 Å². The predicted molar refractivity (Wildman–Crippen MR) is 88.0 cm³/mol. The predicted octanol–water partition coefficient (Wildman–Crippen LogP) is 1.98. The van der Waals surface area contributed by atoms with Gasteiger partial charge in [0, 0.05) is 34.6 Å². The maximum absolute atomic E-state index is 12.3. The second-order valence-electron chi connectivity index (χ2n) is 5.19. The Labute approximate surface area is 139 Å². The van der Waals surface area contributed by atoms with Crippen molar-refractivity contribution < 1.29 is 18.3 Å². The van der Waals surface area contributed by atoms with E-state index in [0.717, 1.165) is 4.88 Å². The van der Waals surface area contributed by atoms with Crippen molar-refractivity contribution in [1.29, 1.82) is 0 Å². The maximum atomic E-state index is 12.3. The molecule has 0 fully saturated rings. The van der Waals surface area contributed by atoms with Crippen molar-refractivity contribution in [3.63, 3.8) is 0 Å². The van der Waals surface area contributed by atoms with Crippen LogP contribution >= 0.6 is 11.3 Å². The molecule has 0 aromatic carbocycles.